The third kappa shape index (κ3) is 4.71. The molecule has 120 valence electrons. The molecule has 2 aromatic rings. The molecule has 23 heavy (non-hydrogen) atoms. The number of imide groups is 1. The fraction of sp³-hybridized carbons (Fsp3) is 0.125. The van der Waals surface area contributed by atoms with Gasteiger partial charge in [0.15, 0.2) is 0 Å². The largest absolute Gasteiger partial charge is 0.341 e. The van der Waals surface area contributed by atoms with Gasteiger partial charge < -0.3 is 5.32 Å². The number of halogens is 2. The predicted octanol–water partition coefficient (Wildman–Crippen LogP) is 3.77. The summed E-state index contributed by atoms with van der Waals surface area (Å²) in [5.74, 6) is -0.997. The van der Waals surface area contributed by atoms with Crippen LogP contribution in [0.3, 0.4) is 0 Å². The molecule has 0 aliphatic rings. The van der Waals surface area contributed by atoms with Gasteiger partial charge in [-0.2, -0.15) is 0 Å². The molecule has 0 saturated heterocycles. The Balaban J connectivity index is 2.28. The summed E-state index contributed by atoms with van der Waals surface area (Å²) in [5, 5.41) is 3.90. The van der Waals surface area contributed by atoms with Gasteiger partial charge in [-0.1, -0.05) is 41.9 Å². The summed E-state index contributed by atoms with van der Waals surface area (Å²) in [4.78, 5) is 24.4. The van der Waals surface area contributed by atoms with Gasteiger partial charge in [0, 0.05) is 11.9 Å². The van der Waals surface area contributed by atoms with Crippen molar-refractivity contribution in [3.05, 3.63) is 64.9 Å². The Hall–Kier alpha value is -2.05. The van der Waals surface area contributed by atoms with Crippen LogP contribution >= 0.6 is 23.4 Å². The van der Waals surface area contributed by atoms with Gasteiger partial charge in [-0.05, 0) is 23.8 Å². The predicted molar refractivity (Wildman–Crippen MR) is 89.0 cm³/mol. The fourth-order valence-corrected chi connectivity index (χ4v) is 3.14. The van der Waals surface area contributed by atoms with E-state index in [1.807, 2.05) is 6.07 Å². The smallest absolute Gasteiger partial charge is 0.321 e. The van der Waals surface area contributed by atoms with Crippen LogP contribution < -0.4 is 10.6 Å². The van der Waals surface area contributed by atoms with Crippen LogP contribution in [0.25, 0.3) is 0 Å². The summed E-state index contributed by atoms with van der Waals surface area (Å²) >= 11 is 6.96. The third-order valence-corrected chi connectivity index (χ3v) is 4.49. The van der Waals surface area contributed by atoms with Crippen molar-refractivity contribution >= 4 is 35.3 Å². The zero-order chi connectivity index (χ0) is 16.8. The maximum absolute atomic E-state index is 13.3. The number of carbonyl (C=O) groups excluding carboxylic acids is 2. The Labute approximate surface area is 142 Å². The van der Waals surface area contributed by atoms with E-state index in [-0.39, 0.29) is 5.02 Å². The first-order valence-electron chi connectivity index (χ1n) is 6.70. The fourth-order valence-electron chi connectivity index (χ4n) is 1.83. The van der Waals surface area contributed by atoms with Crippen molar-refractivity contribution in [1.82, 2.24) is 10.6 Å². The molecule has 2 N–H and O–H groups in total. The number of hydrogen-bond donors (Lipinski definition) is 2. The zero-order valence-electron chi connectivity index (χ0n) is 12.2. The quantitative estimate of drug-likeness (QED) is 0.823. The van der Waals surface area contributed by atoms with Gasteiger partial charge in [0.1, 0.15) is 11.1 Å². The van der Waals surface area contributed by atoms with Crippen molar-refractivity contribution in [1.29, 1.82) is 0 Å². The van der Waals surface area contributed by atoms with Crippen molar-refractivity contribution in [3.63, 3.8) is 0 Å². The Morgan fingerprint density at radius 1 is 1.17 bits per heavy atom. The second-order valence-electron chi connectivity index (χ2n) is 4.55. The van der Waals surface area contributed by atoms with Gasteiger partial charge in [-0.15, -0.1) is 11.8 Å². The number of rotatable bonds is 4. The number of hydrogen-bond acceptors (Lipinski definition) is 3. The molecule has 7 heteroatoms. The summed E-state index contributed by atoms with van der Waals surface area (Å²) < 4.78 is 13.3. The number of amides is 3. The monoisotopic (exact) mass is 352 g/mol. The lowest BCUT2D eigenvalue weighted by Crippen LogP contribution is -2.39. The van der Waals surface area contributed by atoms with Crippen molar-refractivity contribution in [2.24, 2.45) is 0 Å². The van der Waals surface area contributed by atoms with Gasteiger partial charge in [0.05, 0.1) is 5.02 Å². The van der Waals surface area contributed by atoms with Crippen LogP contribution in [-0.2, 0) is 4.79 Å². The first-order chi connectivity index (χ1) is 11.0. The normalized spacial score (nSPS) is 11.6. The van der Waals surface area contributed by atoms with E-state index in [2.05, 4.69) is 10.6 Å². The molecule has 0 spiro atoms. The SMILES string of the molecule is CNC(=O)NC(=O)[C@@H](Sc1ccc(F)c(Cl)c1)c1ccccc1. The van der Waals surface area contributed by atoms with Gasteiger partial charge in [0.25, 0.3) is 0 Å². The lowest BCUT2D eigenvalue weighted by Gasteiger charge is -2.16. The minimum absolute atomic E-state index is 0.0199. The van der Waals surface area contributed by atoms with Crippen molar-refractivity contribution in [3.8, 4) is 0 Å². The molecule has 3 amide bonds. The van der Waals surface area contributed by atoms with Gasteiger partial charge >= 0.3 is 6.03 Å². The van der Waals surface area contributed by atoms with Crippen LogP contribution in [0, 0.1) is 5.82 Å². The van der Waals surface area contributed by atoms with Crippen molar-refractivity contribution in [2.75, 3.05) is 7.05 Å². The van der Waals surface area contributed by atoms with E-state index in [4.69, 9.17) is 11.6 Å². The topological polar surface area (TPSA) is 58.2 Å². The molecule has 0 aliphatic heterocycles. The first-order valence-corrected chi connectivity index (χ1v) is 7.96. The Morgan fingerprint density at radius 3 is 2.48 bits per heavy atom. The summed E-state index contributed by atoms with van der Waals surface area (Å²) in [6, 6.07) is 12.6. The van der Waals surface area contributed by atoms with Gasteiger partial charge in [-0.25, -0.2) is 9.18 Å². The lowest BCUT2D eigenvalue weighted by molar-refractivity contribution is -0.119. The van der Waals surface area contributed by atoms with Crippen molar-refractivity contribution < 1.29 is 14.0 Å². The maximum atomic E-state index is 13.3. The molecule has 4 nitrogen and oxygen atoms in total. The van der Waals surface area contributed by atoms with Gasteiger partial charge in [0.2, 0.25) is 5.91 Å². The highest BCUT2D eigenvalue weighted by Crippen LogP contribution is 2.36. The number of urea groups is 1. The molecule has 0 bridgehead atoms. The molecule has 0 unspecified atom stereocenters. The molecular weight excluding hydrogens is 339 g/mol. The average molecular weight is 353 g/mol. The van der Waals surface area contributed by atoms with Crippen LogP contribution in [-0.4, -0.2) is 19.0 Å². The summed E-state index contributed by atoms with van der Waals surface area (Å²) in [5.41, 5.74) is 0.722. The van der Waals surface area contributed by atoms with E-state index in [0.717, 1.165) is 5.56 Å². The molecule has 0 radical (unpaired) electrons. The third-order valence-electron chi connectivity index (χ3n) is 2.95. The highest BCUT2D eigenvalue weighted by molar-refractivity contribution is 8.00. The number of benzene rings is 2. The molecule has 0 aliphatic carbocycles. The molecule has 0 heterocycles. The molecule has 2 rings (SSSR count). The van der Waals surface area contributed by atoms with E-state index in [1.165, 1.54) is 37.0 Å². The second-order valence-corrected chi connectivity index (χ2v) is 6.14. The molecular formula is C16H14ClFN2O2S. The van der Waals surface area contributed by atoms with Crippen molar-refractivity contribution in [2.45, 2.75) is 10.1 Å². The Morgan fingerprint density at radius 2 is 1.87 bits per heavy atom. The summed E-state index contributed by atoms with van der Waals surface area (Å²) in [7, 11) is 1.42. The maximum Gasteiger partial charge on any atom is 0.321 e. The standard InChI is InChI=1S/C16H14ClFN2O2S/c1-19-16(22)20-15(21)14(10-5-3-2-4-6-10)23-11-7-8-13(18)12(17)9-11/h2-9,14H,1H3,(H2,19,20,21,22)/t14-/m0/s1. The van der Waals surface area contributed by atoms with E-state index < -0.39 is 23.0 Å². The van der Waals surface area contributed by atoms with E-state index in [9.17, 15) is 14.0 Å². The number of carbonyl (C=O) groups is 2. The molecule has 0 fully saturated rings. The summed E-state index contributed by atoms with van der Waals surface area (Å²) in [6.07, 6.45) is 0. The zero-order valence-corrected chi connectivity index (χ0v) is 13.7. The molecule has 1 atom stereocenters. The number of nitrogens with one attached hydrogen (secondary N) is 2. The van der Waals surface area contributed by atoms with E-state index in [0.29, 0.717) is 4.90 Å². The van der Waals surface area contributed by atoms with Crippen LogP contribution in [0.15, 0.2) is 53.4 Å². The molecule has 0 aromatic heterocycles. The minimum atomic E-state index is -0.671. The highest BCUT2D eigenvalue weighted by Gasteiger charge is 2.23. The number of thioether (sulfide) groups is 1. The van der Waals surface area contributed by atoms with Crippen LogP contribution in [0.4, 0.5) is 9.18 Å². The average Bonchev–Trinajstić information content (AvgIpc) is 2.56. The van der Waals surface area contributed by atoms with E-state index >= 15 is 0 Å². The summed E-state index contributed by atoms with van der Waals surface area (Å²) in [6.45, 7) is 0. The van der Waals surface area contributed by atoms with Crippen LogP contribution in [0.2, 0.25) is 5.02 Å². The lowest BCUT2D eigenvalue weighted by atomic mass is 10.1. The second kappa shape index (κ2) is 7.99. The van der Waals surface area contributed by atoms with Crippen LogP contribution in [0.5, 0.6) is 0 Å². The minimum Gasteiger partial charge on any atom is -0.341 e. The molecule has 0 saturated carbocycles. The molecule has 2 aromatic carbocycles. The van der Waals surface area contributed by atoms with E-state index in [1.54, 1.807) is 24.3 Å². The Bertz CT molecular complexity index is 712. The van der Waals surface area contributed by atoms with Crippen LogP contribution in [0.1, 0.15) is 10.8 Å². The highest BCUT2D eigenvalue weighted by atomic mass is 35.5. The first kappa shape index (κ1) is 17.3. The Kier molecular flexibility index (Phi) is 6.01. The van der Waals surface area contributed by atoms with Gasteiger partial charge in [-0.3, -0.25) is 10.1 Å².